The fourth-order valence-corrected chi connectivity index (χ4v) is 1.27. The molecule has 2 heterocycles. The standard InChI is InChI=1S/C11H10N2O/c14-11(9-3-1-5-12-7-9)10-4-2-6-13-8-10/h1-8,11,14H. The Labute approximate surface area is 82.1 Å². The van der Waals surface area contributed by atoms with Crippen LogP contribution < -0.4 is 0 Å². The van der Waals surface area contributed by atoms with Crippen molar-refractivity contribution in [3.63, 3.8) is 0 Å². The lowest BCUT2D eigenvalue weighted by Gasteiger charge is -2.09. The molecule has 0 unspecified atom stereocenters. The molecular formula is C11H10N2O. The smallest absolute Gasteiger partial charge is 0.107 e. The number of hydrogen-bond donors (Lipinski definition) is 1. The zero-order chi connectivity index (χ0) is 9.80. The normalized spacial score (nSPS) is 10.4. The van der Waals surface area contributed by atoms with E-state index < -0.39 is 6.10 Å². The van der Waals surface area contributed by atoms with Gasteiger partial charge in [-0.05, 0) is 12.1 Å². The Bertz CT molecular complexity index is 349. The highest BCUT2D eigenvalue weighted by atomic mass is 16.3. The van der Waals surface area contributed by atoms with Gasteiger partial charge in [0.1, 0.15) is 6.10 Å². The van der Waals surface area contributed by atoms with Crippen molar-refractivity contribution in [2.45, 2.75) is 6.10 Å². The van der Waals surface area contributed by atoms with Crippen LogP contribution in [0.3, 0.4) is 0 Å². The Balaban J connectivity index is 2.30. The van der Waals surface area contributed by atoms with Crippen LogP contribution in [0, 0.1) is 0 Å². The van der Waals surface area contributed by atoms with Crippen molar-refractivity contribution in [3.8, 4) is 0 Å². The zero-order valence-corrected chi connectivity index (χ0v) is 7.54. The predicted molar refractivity (Wildman–Crippen MR) is 52.5 cm³/mol. The molecule has 0 aliphatic rings. The van der Waals surface area contributed by atoms with E-state index in [0.717, 1.165) is 11.1 Å². The Kier molecular flexibility index (Phi) is 2.51. The maximum atomic E-state index is 9.91. The topological polar surface area (TPSA) is 46.0 Å². The fourth-order valence-electron chi connectivity index (χ4n) is 1.27. The van der Waals surface area contributed by atoms with E-state index >= 15 is 0 Å². The minimum Gasteiger partial charge on any atom is -0.384 e. The molecule has 0 aromatic carbocycles. The predicted octanol–water partition coefficient (Wildman–Crippen LogP) is 1.56. The third-order valence-electron chi connectivity index (χ3n) is 2.00. The molecule has 0 saturated heterocycles. The number of aliphatic hydroxyl groups is 1. The van der Waals surface area contributed by atoms with Gasteiger partial charge in [-0.15, -0.1) is 0 Å². The second-order valence-corrected chi connectivity index (χ2v) is 2.98. The molecule has 0 atom stereocenters. The molecule has 0 saturated carbocycles. The van der Waals surface area contributed by atoms with E-state index in [4.69, 9.17) is 0 Å². The van der Waals surface area contributed by atoms with E-state index in [9.17, 15) is 5.11 Å². The van der Waals surface area contributed by atoms with Crippen molar-refractivity contribution < 1.29 is 5.11 Å². The summed E-state index contributed by atoms with van der Waals surface area (Å²) in [5.41, 5.74) is 1.56. The molecule has 3 heteroatoms. The molecule has 2 aromatic heterocycles. The molecule has 0 radical (unpaired) electrons. The number of rotatable bonds is 2. The first kappa shape index (κ1) is 8.84. The lowest BCUT2D eigenvalue weighted by molar-refractivity contribution is 0.219. The quantitative estimate of drug-likeness (QED) is 0.774. The first-order valence-corrected chi connectivity index (χ1v) is 4.36. The van der Waals surface area contributed by atoms with Crippen LogP contribution in [0.4, 0.5) is 0 Å². The van der Waals surface area contributed by atoms with Crippen LogP contribution in [-0.4, -0.2) is 15.1 Å². The van der Waals surface area contributed by atoms with Gasteiger partial charge in [0, 0.05) is 35.9 Å². The van der Waals surface area contributed by atoms with Gasteiger partial charge in [0.15, 0.2) is 0 Å². The molecule has 0 aliphatic heterocycles. The van der Waals surface area contributed by atoms with Gasteiger partial charge in [-0.2, -0.15) is 0 Å². The van der Waals surface area contributed by atoms with Crippen LogP contribution in [-0.2, 0) is 0 Å². The first-order chi connectivity index (χ1) is 6.88. The van der Waals surface area contributed by atoms with E-state index in [1.807, 2.05) is 12.1 Å². The third kappa shape index (κ3) is 1.78. The van der Waals surface area contributed by atoms with Crippen LogP contribution in [0.1, 0.15) is 17.2 Å². The molecule has 0 spiro atoms. The number of aliphatic hydroxyl groups excluding tert-OH is 1. The highest BCUT2D eigenvalue weighted by molar-refractivity contribution is 5.25. The molecule has 1 N–H and O–H groups in total. The van der Waals surface area contributed by atoms with Gasteiger partial charge >= 0.3 is 0 Å². The number of nitrogens with zero attached hydrogens (tertiary/aromatic N) is 2. The largest absolute Gasteiger partial charge is 0.384 e. The van der Waals surface area contributed by atoms with Crippen molar-refractivity contribution in [1.29, 1.82) is 0 Å². The van der Waals surface area contributed by atoms with E-state index in [2.05, 4.69) is 9.97 Å². The average molecular weight is 186 g/mol. The maximum absolute atomic E-state index is 9.91. The van der Waals surface area contributed by atoms with Crippen LogP contribution in [0.15, 0.2) is 49.1 Å². The second kappa shape index (κ2) is 3.98. The van der Waals surface area contributed by atoms with Gasteiger partial charge in [-0.1, -0.05) is 12.1 Å². The fraction of sp³-hybridized carbons (Fsp3) is 0.0909. The van der Waals surface area contributed by atoms with Gasteiger partial charge in [0.25, 0.3) is 0 Å². The van der Waals surface area contributed by atoms with Crippen molar-refractivity contribution in [2.75, 3.05) is 0 Å². The Morgan fingerprint density at radius 3 is 1.79 bits per heavy atom. The monoisotopic (exact) mass is 186 g/mol. The molecule has 70 valence electrons. The molecule has 2 rings (SSSR count). The van der Waals surface area contributed by atoms with Crippen molar-refractivity contribution in [1.82, 2.24) is 9.97 Å². The number of aromatic nitrogens is 2. The molecule has 0 bridgehead atoms. The molecule has 0 fully saturated rings. The Hall–Kier alpha value is -1.74. The molecule has 2 aromatic rings. The lowest BCUT2D eigenvalue weighted by atomic mass is 10.1. The van der Waals surface area contributed by atoms with Crippen molar-refractivity contribution >= 4 is 0 Å². The summed E-state index contributed by atoms with van der Waals surface area (Å²) < 4.78 is 0. The van der Waals surface area contributed by atoms with Gasteiger partial charge in [-0.3, -0.25) is 9.97 Å². The van der Waals surface area contributed by atoms with Gasteiger partial charge < -0.3 is 5.11 Å². The number of pyridine rings is 2. The summed E-state index contributed by atoms with van der Waals surface area (Å²) in [4.78, 5) is 7.90. The summed E-state index contributed by atoms with van der Waals surface area (Å²) in [5.74, 6) is 0. The summed E-state index contributed by atoms with van der Waals surface area (Å²) in [6.07, 6.45) is 6.02. The number of hydrogen-bond acceptors (Lipinski definition) is 3. The van der Waals surface area contributed by atoms with E-state index in [-0.39, 0.29) is 0 Å². The summed E-state index contributed by atoms with van der Waals surface area (Å²) in [6.45, 7) is 0. The highest BCUT2D eigenvalue weighted by Crippen LogP contribution is 2.19. The van der Waals surface area contributed by atoms with Crippen molar-refractivity contribution in [2.24, 2.45) is 0 Å². The molecule has 0 aliphatic carbocycles. The summed E-state index contributed by atoms with van der Waals surface area (Å²) in [5, 5.41) is 9.91. The maximum Gasteiger partial charge on any atom is 0.107 e. The van der Waals surface area contributed by atoms with Crippen LogP contribution in [0.2, 0.25) is 0 Å². The second-order valence-electron chi connectivity index (χ2n) is 2.98. The summed E-state index contributed by atoms with van der Waals surface area (Å²) in [6, 6.07) is 7.28. The Morgan fingerprint density at radius 2 is 1.43 bits per heavy atom. The molecule has 3 nitrogen and oxygen atoms in total. The Morgan fingerprint density at radius 1 is 0.929 bits per heavy atom. The SMILES string of the molecule is OC(c1cccnc1)c1cccnc1. The minimum absolute atomic E-state index is 0.641. The summed E-state index contributed by atoms with van der Waals surface area (Å²) in [7, 11) is 0. The summed E-state index contributed by atoms with van der Waals surface area (Å²) >= 11 is 0. The van der Waals surface area contributed by atoms with E-state index in [0.29, 0.717) is 0 Å². The van der Waals surface area contributed by atoms with Gasteiger partial charge in [0.2, 0.25) is 0 Å². The van der Waals surface area contributed by atoms with E-state index in [1.54, 1.807) is 36.9 Å². The average Bonchev–Trinajstić information content (AvgIpc) is 2.30. The molecule has 0 amide bonds. The highest BCUT2D eigenvalue weighted by Gasteiger charge is 2.09. The van der Waals surface area contributed by atoms with Gasteiger partial charge in [0.05, 0.1) is 0 Å². The van der Waals surface area contributed by atoms with Crippen LogP contribution >= 0.6 is 0 Å². The first-order valence-electron chi connectivity index (χ1n) is 4.36. The zero-order valence-electron chi connectivity index (χ0n) is 7.54. The van der Waals surface area contributed by atoms with Crippen LogP contribution in [0.25, 0.3) is 0 Å². The van der Waals surface area contributed by atoms with Crippen LogP contribution in [0.5, 0.6) is 0 Å². The lowest BCUT2D eigenvalue weighted by Crippen LogP contribution is -1.99. The molecular weight excluding hydrogens is 176 g/mol. The van der Waals surface area contributed by atoms with Crippen molar-refractivity contribution in [3.05, 3.63) is 60.2 Å². The minimum atomic E-state index is -0.641. The third-order valence-corrected chi connectivity index (χ3v) is 2.00. The van der Waals surface area contributed by atoms with Gasteiger partial charge in [-0.25, -0.2) is 0 Å². The van der Waals surface area contributed by atoms with E-state index in [1.165, 1.54) is 0 Å². The molecule has 14 heavy (non-hydrogen) atoms.